The lowest BCUT2D eigenvalue weighted by molar-refractivity contribution is -0.384. The minimum absolute atomic E-state index is 0.0989. The molecule has 0 aromatic heterocycles. The van der Waals surface area contributed by atoms with E-state index in [-0.39, 0.29) is 17.0 Å². The smallest absolute Gasteiger partial charge is 0.270 e. The Labute approximate surface area is 155 Å². The molecule has 1 aliphatic heterocycles. The number of carbonyl (C=O) groups excluding carboxylic acids is 1. The van der Waals surface area contributed by atoms with E-state index in [0.29, 0.717) is 23.6 Å². The maximum absolute atomic E-state index is 13.0. The third kappa shape index (κ3) is 3.32. The fraction of sp³-hybridized carbons (Fsp3) is 0.278. The molecule has 26 heavy (non-hydrogen) atoms. The zero-order chi connectivity index (χ0) is 18.7. The molecular formula is C18H18N2O5S. The maximum Gasteiger partial charge on any atom is 0.270 e. The number of methoxy groups -OCH3 is 2. The summed E-state index contributed by atoms with van der Waals surface area (Å²) in [6.45, 7) is 0.553. The van der Waals surface area contributed by atoms with Gasteiger partial charge in [0.15, 0.2) is 11.5 Å². The van der Waals surface area contributed by atoms with Crippen molar-refractivity contribution in [2.75, 3.05) is 26.5 Å². The van der Waals surface area contributed by atoms with Gasteiger partial charge >= 0.3 is 0 Å². The van der Waals surface area contributed by atoms with Gasteiger partial charge in [-0.2, -0.15) is 0 Å². The SMILES string of the molecule is COc1cccc([C@H]2SCCN2C(=O)c2cccc([N+](=O)[O-])c2)c1OC. The number of nitro benzene ring substituents is 1. The molecule has 2 aromatic rings. The minimum atomic E-state index is -0.502. The standard InChI is InChI=1S/C18H18N2O5S/c1-24-15-8-4-7-14(16(15)25-2)18-19(9-10-26-18)17(21)12-5-3-6-13(11-12)20(22)23/h3-8,11,18H,9-10H2,1-2H3/t18-/m1/s1. The van der Waals surface area contributed by atoms with E-state index in [1.807, 2.05) is 12.1 Å². The van der Waals surface area contributed by atoms with Crippen molar-refractivity contribution in [1.82, 2.24) is 4.90 Å². The number of carbonyl (C=O) groups is 1. The van der Waals surface area contributed by atoms with Crippen LogP contribution in [0.4, 0.5) is 5.69 Å². The summed E-state index contributed by atoms with van der Waals surface area (Å²) in [5.74, 6) is 1.71. The first-order chi connectivity index (χ1) is 12.6. The van der Waals surface area contributed by atoms with Gasteiger partial charge in [-0.15, -0.1) is 11.8 Å². The molecule has 1 amide bonds. The second kappa shape index (κ2) is 7.65. The van der Waals surface area contributed by atoms with Gasteiger partial charge in [-0.05, 0) is 12.1 Å². The van der Waals surface area contributed by atoms with Gasteiger partial charge in [0.1, 0.15) is 5.37 Å². The zero-order valence-electron chi connectivity index (χ0n) is 14.4. The molecule has 0 radical (unpaired) electrons. The fourth-order valence-electron chi connectivity index (χ4n) is 2.96. The van der Waals surface area contributed by atoms with Crippen LogP contribution in [-0.2, 0) is 0 Å². The van der Waals surface area contributed by atoms with Crippen molar-refractivity contribution >= 4 is 23.4 Å². The summed E-state index contributed by atoms with van der Waals surface area (Å²) in [6.07, 6.45) is 0. The zero-order valence-corrected chi connectivity index (χ0v) is 15.2. The number of nitrogens with zero attached hydrogens (tertiary/aromatic N) is 2. The van der Waals surface area contributed by atoms with Gasteiger partial charge in [0.05, 0.1) is 19.1 Å². The third-order valence-corrected chi connectivity index (χ3v) is 5.40. The molecular weight excluding hydrogens is 356 g/mol. The van der Waals surface area contributed by atoms with Crippen molar-refractivity contribution in [1.29, 1.82) is 0 Å². The lowest BCUT2D eigenvalue weighted by atomic mass is 10.1. The van der Waals surface area contributed by atoms with Crippen LogP contribution in [0.1, 0.15) is 21.3 Å². The predicted octanol–water partition coefficient (Wildman–Crippen LogP) is 3.50. The first-order valence-electron chi connectivity index (χ1n) is 7.94. The van der Waals surface area contributed by atoms with E-state index in [1.165, 1.54) is 18.2 Å². The number of rotatable bonds is 5. The molecule has 0 N–H and O–H groups in total. The number of benzene rings is 2. The van der Waals surface area contributed by atoms with Gasteiger partial charge in [-0.1, -0.05) is 18.2 Å². The van der Waals surface area contributed by atoms with Crippen LogP contribution in [-0.4, -0.2) is 42.2 Å². The predicted molar refractivity (Wildman–Crippen MR) is 98.9 cm³/mol. The summed E-state index contributed by atoms with van der Waals surface area (Å²) in [6, 6.07) is 11.4. The summed E-state index contributed by atoms with van der Waals surface area (Å²) < 4.78 is 10.8. The highest BCUT2D eigenvalue weighted by Gasteiger charge is 2.34. The number of hydrogen-bond acceptors (Lipinski definition) is 6. The summed E-state index contributed by atoms with van der Waals surface area (Å²) in [5.41, 5.74) is 1.04. The van der Waals surface area contributed by atoms with E-state index in [1.54, 1.807) is 43.0 Å². The first kappa shape index (κ1) is 18.1. The topological polar surface area (TPSA) is 81.9 Å². The van der Waals surface area contributed by atoms with Crippen LogP contribution in [0.5, 0.6) is 11.5 Å². The molecule has 1 atom stereocenters. The van der Waals surface area contributed by atoms with Gasteiger partial charge in [0.25, 0.3) is 11.6 Å². The highest BCUT2D eigenvalue weighted by molar-refractivity contribution is 7.99. The Morgan fingerprint density at radius 3 is 2.69 bits per heavy atom. The monoisotopic (exact) mass is 374 g/mol. The van der Waals surface area contributed by atoms with Crippen LogP contribution in [0.15, 0.2) is 42.5 Å². The van der Waals surface area contributed by atoms with Crippen LogP contribution < -0.4 is 9.47 Å². The highest BCUT2D eigenvalue weighted by Crippen LogP contribution is 2.45. The normalized spacial score (nSPS) is 16.4. The van der Waals surface area contributed by atoms with Crippen molar-refractivity contribution in [3.8, 4) is 11.5 Å². The molecule has 3 rings (SSSR count). The van der Waals surface area contributed by atoms with E-state index in [9.17, 15) is 14.9 Å². The van der Waals surface area contributed by atoms with Crippen LogP contribution in [0.3, 0.4) is 0 Å². The Morgan fingerprint density at radius 1 is 1.23 bits per heavy atom. The van der Waals surface area contributed by atoms with Crippen LogP contribution in [0, 0.1) is 10.1 Å². The number of amides is 1. The lowest BCUT2D eigenvalue weighted by Crippen LogP contribution is -2.30. The second-order valence-electron chi connectivity index (χ2n) is 5.61. The van der Waals surface area contributed by atoms with Crippen LogP contribution in [0.25, 0.3) is 0 Å². The second-order valence-corrected chi connectivity index (χ2v) is 6.80. The summed E-state index contributed by atoms with van der Waals surface area (Å²) in [4.78, 5) is 25.2. The quantitative estimate of drug-likeness (QED) is 0.588. The van der Waals surface area contributed by atoms with Crippen LogP contribution in [0.2, 0.25) is 0 Å². The van der Waals surface area contributed by atoms with E-state index in [0.717, 1.165) is 11.3 Å². The van der Waals surface area contributed by atoms with E-state index in [4.69, 9.17) is 9.47 Å². The molecule has 1 fully saturated rings. The molecule has 0 spiro atoms. The van der Waals surface area contributed by atoms with Crippen LogP contribution >= 0.6 is 11.8 Å². The van der Waals surface area contributed by atoms with Gasteiger partial charge in [0, 0.05) is 35.6 Å². The molecule has 7 nitrogen and oxygen atoms in total. The Morgan fingerprint density at radius 2 is 2.00 bits per heavy atom. The molecule has 0 unspecified atom stereocenters. The van der Waals surface area contributed by atoms with Crippen molar-refractivity contribution in [3.63, 3.8) is 0 Å². The number of para-hydroxylation sites is 1. The molecule has 1 heterocycles. The average Bonchev–Trinajstić information content (AvgIpc) is 3.16. The number of ether oxygens (including phenoxy) is 2. The maximum atomic E-state index is 13.0. The molecule has 1 saturated heterocycles. The Balaban J connectivity index is 1.95. The highest BCUT2D eigenvalue weighted by atomic mass is 32.2. The largest absolute Gasteiger partial charge is 0.493 e. The number of hydrogen-bond donors (Lipinski definition) is 0. The van der Waals surface area contributed by atoms with Gasteiger partial charge in [-0.3, -0.25) is 14.9 Å². The molecule has 2 aromatic carbocycles. The van der Waals surface area contributed by atoms with Crippen molar-refractivity contribution < 1.29 is 19.2 Å². The fourth-order valence-corrected chi connectivity index (χ4v) is 4.23. The van der Waals surface area contributed by atoms with E-state index >= 15 is 0 Å². The Kier molecular flexibility index (Phi) is 5.32. The molecule has 136 valence electrons. The van der Waals surface area contributed by atoms with E-state index in [2.05, 4.69) is 0 Å². The van der Waals surface area contributed by atoms with Gasteiger partial charge < -0.3 is 14.4 Å². The molecule has 0 aliphatic carbocycles. The Hall–Kier alpha value is -2.74. The molecule has 1 aliphatic rings. The summed E-state index contributed by atoms with van der Waals surface area (Å²) in [5, 5.41) is 10.7. The van der Waals surface area contributed by atoms with E-state index < -0.39 is 4.92 Å². The van der Waals surface area contributed by atoms with Crippen molar-refractivity contribution in [3.05, 3.63) is 63.7 Å². The number of nitro groups is 1. The molecule has 0 saturated carbocycles. The van der Waals surface area contributed by atoms with Crippen molar-refractivity contribution in [2.45, 2.75) is 5.37 Å². The number of thioether (sulfide) groups is 1. The summed E-state index contributed by atoms with van der Waals surface area (Å²) in [7, 11) is 3.13. The van der Waals surface area contributed by atoms with Gasteiger partial charge in [0.2, 0.25) is 0 Å². The lowest BCUT2D eigenvalue weighted by Gasteiger charge is -2.26. The van der Waals surface area contributed by atoms with Gasteiger partial charge in [-0.25, -0.2) is 0 Å². The average molecular weight is 374 g/mol. The minimum Gasteiger partial charge on any atom is -0.493 e. The molecule has 8 heteroatoms. The number of non-ortho nitro benzene ring substituents is 1. The van der Waals surface area contributed by atoms with Crippen molar-refractivity contribution in [2.24, 2.45) is 0 Å². The molecule has 0 bridgehead atoms. The summed E-state index contributed by atoms with van der Waals surface area (Å²) >= 11 is 1.62. The first-order valence-corrected chi connectivity index (χ1v) is 8.99. The Bertz CT molecular complexity index is 842. The third-order valence-electron chi connectivity index (χ3n) is 4.16.